The first kappa shape index (κ1) is 41.6. The number of furan rings is 1. The van der Waals surface area contributed by atoms with Gasteiger partial charge < -0.3 is 14.0 Å². The molecule has 0 aliphatic heterocycles. The summed E-state index contributed by atoms with van der Waals surface area (Å²) in [6.45, 7) is 20.1. The van der Waals surface area contributed by atoms with Crippen molar-refractivity contribution in [3.05, 3.63) is 156 Å². The van der Waals surface area contributed by atoms with E-state index < -0.39 is 8.07 Å². The van der Waals surface area contributed by atoms with E-state index in [0.717, 1.165) is 79.1 Å². The van der Waals surface area contributed by atoms with Crippen LogP contribution in [0.1, 0.15) is 41.8 Å². The molecule has 299 valence electrons. The predicted molar refractivity (Wildman–Crippen MR) is 243 cm³/mol. The Bertz CT molecular complexity index is 2910. The van der Waals surface area contributed by atoms with Gasteiger partial charge in [0.05, 0.1) is 35.6 Å². The van der Waals surface area contributed by atoms with Gasteiger partial charge in [-0.05, 0) is 115 Å². The molecule has 4 aromatic carbocycles. The summed E-state index contributed by atoms with van der Waals surface area (Å²) in [7, 11) is -1.34. The van der Waals surface area contributed by atoms with Gasteiger partial charge in [-0.2, -0.15) is 0 Å². The van der Waals surface area contributed by atoms with Crippen LogP contribution in [0.4, 0.5) is 0 Å². The van der Waals surface area contributed by atoms with Crippen molar-refractivity contribution in [2.45, 2.75) is 67.6 Å². The first-order valence-corrected chi connectivity index (χ1v) is 23.6. The van der Waals surface area contributed by atoms with Crippen LogP contribution in [-0.4, -0.2) is 32.6 Å². The molecule has 0 aliphatic rings. The van der Waals surface area contributed by atoms with E-state index in [9.17, 15) is 0 Å². The van der Waals surface area contributed by atoms with Crippen LogP contribution in [0.25, 0.3) is 72.7 Å². The number of nitrogens with zero attached hydrogens (tertiary/aromatic N) is 5. The molecule has 0 saturated heterocycles. The summed E-state index contributed by atoms with van der Waals surface area (Å²) < 4.78 is 8.60. The van der Waals surface area contributed by atoms with E-state index in [1.165, 1.54) is 21.9 Å². The number of hydrogen-bond acceptors (Lipinski definition) is 5. The van der Waals surface area contributed by atoms with Gasteiger partial charge in [-0.25, -0.2) is 4.98 Å². The van der Waals surface area contributed by atoms with Crippen molar-refractivity contribution in [1.82, 2.24) is 24.5 Å². The molecule has 5 heterocycles. The number of para-hydroxylation sites is 2. The van der Waals surface area contributed by atoms with Crippen LogP contribution in [0.3, 0.4) is 0 Å². The van der Waals surface area contributed by atoms with Crippen molar-refractivity contribution < 1.29 is 24.5 Å². The molecule has 0 spiro atoms. The van der Waals surface area contributed by atoms with Gasteiger partial charge in [0.15, 0.2) is 0 Å². The van der Waals surface area contributed by atoms with Crippen LogP contribution in [0.5, 0.6) is 0 Å². The molecule has 0 unspecified atom stereocenters. The Labute approximate surface area is 362 Å². The Morgan fingerprint density at radius 3 is 2.15 bits per heavy atom. The normalized spacial score (nSPS) is 11.6. The summed E-state index contributed by atoms with van der Waals surface area (Å²) in [6, 6.07) is 42.2. The van der Waals surface area contributed by atoms with Crippen LogP contribution in [0, 0.1) is 45.7 Å². The molecule has 8 heteroatoms. The molecule has 9 aromatic rings. The quantitative estimate of drug-likeness (QED) is 0.118. The molecule has 0 bridgehead atoms. The fourth-order valence-corrected chi connectivity index (χ4v) is 9.70. The largest absolute Gasteiger partial charge is 0.499 e. The summed E-state index contributed by atoms with van der Waals surface area (Å²) >= 11 is 0. The van der Waals surface area contributed by atoms with E-state index in [4.69, 9.17) is 9.40 Å². The Morgan fingerprint density at radius 2 is 1.46 bits per heavy atom. The number of aromatic nitrogens is 5. The number of aryl methyl sites for hydroxylation is 4. The minimum absolute atomic E-state index is 0. The molecule has 0 saturated carbocycles. The van der Waals surface area contributed by atoms with Crippen molar-refractivity contribution >= 4 is 46.5 Å². The number of imidazole rings is 1. The summed E-state index contributed by atoms with van der Waals surface area (Å²) in [5, 5.41) is 2.42. The van der Waals surface area contributed by atoms with Gasteiger partial charge in [0.25, 0.3) is 0 Å². The van der Waals surface area contributed by atoms with Crippen LogP contribution in [-0.2, 0) is 26.5 Å². The maximum Gasteiger partial charge on any atom is 0.215 e. The topological polar surface area (TPSA) is 69.6 Å². The molecule has 59 heavy (non-hydrogen) atoms. The fraction of sp³-hybridized carbons (Fsp3) is 0.216. The summed E-state index contributed by atoms with van der Waals surface area (Å²) in [6.07, 6.45) is 4.95. The van der Waals surface area contributed by atoms with Crippen molar-refractivity contribution in [2.24, 2.45) is 5.92 Å². The van der Waals surface area contributed by atoms with E-state index in [0.29, 0.717) is 17.2 Å². The second-order valence-corrected chi connectivity index (χ2v) is 21.8. The SMILES string of the molecule is CC(C)Cc1cc(-c2[c-]cccc2)ncc1[Si](C)(C)C.Cc1cc(C)c2c(n1)oc1c(-c3nc4ccccc4n3-c3c(C)cc(-c4ccccc4)cc3C)[c-]cnc12.[Ir]. The third kappa shape index (κ3) is 8.35. The molecule has 0 amide bonds. The number of fused-ring (bicyclic) bond motifs is 4. The van der Waals surface area contributed by atoms with Gasteiger partial charge in [-0.15, -0.1) is 47.5 Å². The van der Waals surface area contributed by atoms with Gasteiger partial charge in [-0.3, -0.25) is 9.97 Å². The predicted octanol–water partition coefficient (Wildman–Crippen LogP) is 12.4. The first-order chi connectivity index (χ1) is 27.9. The van der Waals surface area contributed by atoms with E-state index in [2.05, 4.69) is 159 Å². The maximum absolute atomic E-state index is 6.37. The van der Waals surface area contributed by atoms with Crippen molar-refractivity contribution in [1.29, 1.82) is 0 Å². The molecule has 0 aliphatic carbocycles. The van der Waals surface area contributed by atoms with Crippen LogP contribution >= 0.6 is 0 Å². The van der Waals surface area contributed by atoms with Crippen LogP contribution < -0.4 is 5.19 Å². The molecular formula is C51H49IrN5OSi-2. The van der Waals surface area contributed by atoms with E-state index in [1.807, 2.05) is 43.3 Å². The number of rotatable bonds is 7. The zero-order valence-electron chi connectivity index (χ0n) is 35.2. The Morgan fingerprint density at radius 1 is 0.746 bits per heavy atom. The number of hydrogen-bond donors (Lipinski definition) is 0. The average molecular weight is 968 g/mol. The molecule has 9 rings (SSSR count). The van der Waals surface area contributed by atoms with Gasteiger partial charge in [0, 0.05) is 43.5 Å². The van der Waals surface area contributed by atoms with Crippen molar-refractivity contribution in [3.8, 4) is 39.5 Å². The Balaban J connectivity index is 0.000000214. The molecule has 0 atom stereocenters. The standard InChI is InChI=1S/C33H25N4O.C18H24NSi.Ir/c1-19-16-22(4)35-33-28(19)29-31(38-33)25(14-15-34-29)32-36-26-12-8-9-13-27(26)37(32)30-20(2)17-24(18-21(30)3)23-10-6-5-7-11-23;1-14(2)11-16-12-17(15-9-7-6-8-10-15)19-13-18(16)20(3,4)5;/h5-13,15-18H,1-4H3;6-9,12-14H,11H2,1-5H3;/q2*-1;. The summed E-state index contributed by atoms with van der Waals surface area (Å²) in [5.41, 5.74) is 16.2. The second kappa shape index (κ2) is 17.0. The van der Waals surface area contributed by atoms with Gasteiger partial charge in [0.1, 0.15) is 0 Å². The summed E-state index contributed by atoms with van der Waals surface area (Å²) in [4.78, 5) is 19.1. The molecule has 1 radical (unpaired) electrons. The number of pyridine rings is 3. The van der Waals surface area contributed by atoms with Crippen LogP contribution in [0.2, 0.25) is 19.6 Å². The van der Waals surface area contributed by atoms with Crippen LogP contribution in [0.15, 0.2) is 120 Å². The minimum atomic E-state index is -1.34. The monoisotopic (exact) mass is 968 g/mol. The van der Waals surface area contributed by atoms with Crippen molar-refractivity contribution in [2.75, 3.05) is 0 Å². The van der Waals surface area contributed by atoms with Crippen molar-refractivity contribution in [3.63, 3.8) is 0 Å². The van der Waals surface area contributed by atoms with Gasteiger partial charge in [0.2, 0.25) is 5.71 Å². The third-order valence-electron chi connectivity index (χ3n) is 10.6. The van der Waals surface area contributed by atoms with Gasteiger partial charge >= 0.3 is 0 Å². The fourth-order valence-electron chi connectivity index (χ4n) is 8.12. The molecule has 0 fully saturated rings. The smallest absolute Gasteiger partial charge is 0.215 e. The van der Waals surface area contributed by atoms with E-state index in [-0.39, 0.29) is 20.1 Å². The zero-order chi connectivity index (χ0) is 40.7. The second-order valence-electron chi connectivity index (χ2n) is 16.8. The Hall–Kier alpha value is -5.53. The molecule has 0 N–H and O–H groups in total. The Kier molecular flexibility index (Phi) is 12.0. The van der Waals surface area contributed by atoms with Gasteiger partial charge in [-0.1, -0.05) is 87.6 Å². The maximum atomic E-state index is 6.37. The number of benzene rings is 4. The first-order valence-electron chi connectivity index (χ1n) is 20.1. The van der Waals surface area contributed by atoms with E-state index >= 15 is 0 Å². The molecular weight excluding hydrogens is 919 g/mol. The minimum Gasteiger partial charge on any atom is -0.499 e. The zero-order valence-corrected chi connectivity index (χ0v) is 38.6. The summed E-state index contributed by atoms with van der Waals surface area (Å²) in [5.74, 6) is 1.44. The molecule has 5 aromatic heterocycles. The van der Waals surface area contributed by atoms with E-state index in [1.54, 1.807) is 6.20 Å². The average Bonchev–Trinajstić information content (AvgIpc) is 3.77. The third-order valence-corrected chi connectivity index (χ3v) is 12.7. The molecule has 6 nitrogen and oxygen atoms in total.